The summed E-state index contributed by atoms with van der Waals surface area (Å²) in [6.07, 6.45) is -3.82. The Labute approximate surface area is 138 Å². The van der Waals surface area contributed by atoms with Crippen LogP contribution < -0.4 is 5.32 Å². The Morgan fingerprint density at radius 2 is 2.04 bits per heavy atom. The Morgan fingerprint density at radius 3 is 2.62 bits per heavy atom. The molecule has 0 bridgehead atoms. The number of aryl methyl sites for hydroxylation is 1. The second-order valence-corrected chi connectivity index (χ2v) is 5.64. The number of amides is 1. The van der Waals surface area contributed by atoms with Crippen LogP contribution >= 0.6 is 0 Å². The van der Waals surface area contributed by atoms with Gasteiger partial charge in [-0.15, -0.1) is 0 Å². The van der Waals surface area contributed by atoms with Crippen LogP contribution in [-0.2, 0) is 17.4 Å². The maximum atomic E-state index is 12.9. The standard InChI is InChI=1S/C17H19F3N2O2/c1-11-15(23)13(10-22(11)2)16(24)21-9-5-7-12-6-3-4-8-14(12)17(18,19)20/h3-4,6,8,23H,1,5,7,9-10H2,2H3,(H,21,24). The minimum Gasteiger partial charge on any atom is -0.505 e. The number of halogens is 3. The minimum atomic E-state index is -4.38. The SMILES string of the molecule is C=C1C(O)=C(C(=O)NCCCc2ccccc2C(F)(F)F)CN1C. The van der Waals surface area contributed by atoms with Crippen molar-refractivity contribution in [2.75, 3.05) is 20.1 Å². The van der Waals surface area contributed by atoms with Crippen molar-refractivity contribution in [3.63, 3.8) is 0 Å². The van der Waals surface area contributed by atoms with Crippen LogP contribution in [0.1, 0.15) is 17.5 Å². The van der Waals surface area contributed by atoms with Gasteiger partial charge in [0.15, 0.2) is 0 Å². The number of hydrogen-bond acceptors (Lipinski definition) is 3. The van der Waals surface area contributed by atoms with Crippen LogP contribution in [0.5, 0.6) is 0 Å². The molecule has 1 aromatic carbocycles. The predicted octanol–water partition coefficient (Wildman–Crippen LogP) is 3.03. The molecular weight excluding hydrogens is 321 g/mol. The van der Waals surface area contributed by atoms with Gasteiger partial charge in [0.25, 0.3) is 5.91 Å². The third kappa shape index (κ3) is 3.90. The number of likely N-dealkylation sites (N-methyl/N-ethyl adjacent to an activating group) is 1. The molecule has 1 aliphatic rings. The summed E-state index contributed by atoms with van der Waals surface area (Å²) in [4.78, 5) is 13.7. The van der Waals surface area contributed by atoms with Crippen molar-refractivity contribution in [2.24, 2.45) is 0 Å². The van der Waals surface area contributed by atoms with Gasteiger partial charge in [-0.25, -0.2) is 0 Å². The van der Waals surface area contributed by atoms with Crippen LogP contribution in [0.15, 0.2) is 47.9 Å². The van der Waals surface area contributed by atoms with Crippen molar-refractivity contribution in [2.45, 2.75) is 19.0 Å². The van der Waals surface area contributed by atoms with Gasteiger partial charge >= 0.3 is 6.18 Å². The lowest BCUT2D eigenvalue weighted by molar-refractivity contribution is -0.138. The second kappa shape index (κ2) is 6.98. The lowest BCUT2D eigenvalue weighted by Crippen LogP contribution is -2.28. The summed E-state index contributed by atoms with van der Waals surface area (Å²) < 4.78 is 38.7. The lowest BCUT2D eigenvalue weighted by atomic mass is 10.0. The molecule has 2 rings (SSSR count). The number of carbonyl (C=O) groups is 1. The molecule has 0 unspecified atom stereocenters. The van der Waals surface area contributed by atoms with Crippen molar-refractivity contribution in [1.82, 2.24) is 10.2 Å². The van der Waals surface area contributed by atoms with Crippen LogP contribution in [0.25, 0.3) is 0 Å². The summed E-state index contributed by atoms with van der Waals surface area (Å²) in [5, 5.41) is 12.4. The van der Waals surface area contributed by atoms with Crippen molar-refractivity contribution in [3.05, 3.63) is 59.0 Å². The molecule has 7 heteroatoms. The fraction of sp³-hybridized carbons (Fsp3) is 0.353. The van der Waals surface area contributed by atoms with Crippen LogP contribution in [0.2, 0.25) is 0 Å². The summed E-state index contributed by atoms with van der Waals surface area (Å²) >= 11 is 0. The predicted molar refractivity (Wildman–Crippen MR) is 84.2 cm³/mol. The topological polar surface area (TPSA) is 52.6 Å². The fourth-order valence-corrected chi connectivity index (χ4v) is 2.54. The molecule has 4 nitrogen and oxygen atoms in total. The normalized spacial score (nSPS) is 15.2. The van der Waals surface area contributed by atoms with E-state index in [1.165, 1.54) is 12.1 Å². The van der Waals surface area contributed by atoms with Gasteiger partial charge < -0.3 is 15.3 Å². The Balaban J connectivity index is 1.89. The summed E-state index contributed by atoms with van der Waals surface area (Å²) in [5.41, 5.74) is 0.151. The van der Waals surface area contributed by atoms with Crippen LogP contribution in [-0.4, -0.2) is 36.1 Å². The van der Waals surface area contributed by atoms with Gasteiger partial charge in [0, 0.05) is 13.6 Å². The molecular formula is C17H19F3N2O2. The van der Waals surface area contributed by atoms with Gasteiger partial charge in [-0.1, -0.05) is 24.8 Å². The van der Waals surface area contributed by atoms with Gasteiger partial charge in [-0.3, -0.25) is 4.79 Å². The van der Waals surface area contributed by atoms with Gasteiger partial charge in [0.05, 0.1) is 23.4 Å². The fourth-order valence-electron chi connectivity index (χ4n) is 2.54. The summed E-state index contributed by atoms with van der Waals surface area (Å²) in [6, 6.07) is 5.41. The summed E-state index contributed by atoms with van der Waals surface area (Å²) in [5.74, 6) is -0.570. The summed E-state index contributed by atoms with van der Waals surface area (Å²) in [7, 11) is 1.70. The molecule has 0 saturated heterocycles. The number of aliphatic hydroxyl groups excluding tert-OH is 1. The van der Waals surface area contributed by atoms with E-state index in [2.05, 4.69) is 11.9 Å². The molecule has 0 spiro atoms. The van der Waals surface area contributed by atoms with Gasteiger partial charge in [0.1, 0.15) is 5.76 Å². The van der Waals surface area contributed by atoms with E-state index in [1.807, 2.05) is 0 Å². The lowest BCUT2D eigenvalue weighted by Gasteiger charge is -2.13. The van der Waals surface area contributed by atoms with Gasteiger partial charge in [-0.05, 0) is 24.5 Å². The number of alkyl halides is 3. The Morgan fingerprint density at radius 1 is 1.38 bits per heavy atom. The average molecular weight is 340 g/mol. The van der Waals surface area contributed by atoms with E-state index in [0.29, 0.717) is 12.1 Å². The monoisotopic (exact) mass is 340 g/mol. The van der Waals surface area contributed by atoms with Crippen molar-refractivity contribution in [1.29, 1.82) is 0 Å². The van der Waals surface area contributed by atoms with E-state index in [9.17, 15) is 23.1 Å². The van der Waals surface area contributed by atoms with Crippen LogP contribution in [0.4, 0.5) is 13.2 Å². The summed E-state index contributed by atoms with van der Waals surface area (Å²) in [6.45, 7) is 4.13. The van der Waals surface area contributed by atoms with E-state index in [4.69, 9.17) is 0 Å². The number of hydrogen-bond donors (Lipinski definition) is 2. The Hall–Kier alpha value is -2.44. The zero-order valence-corrected chi connectivity index (χ0v) is 13.3. The Bertz CT molecular complexity index is 681. The molecule has 1 aliphatic heterocycles. The molecule has 0 radical (unpaired) electrons. The van der Waals surface area contributed by atoms with Crippen molar-refractivity contribution in [3.8, 4) is 0 Å². The highest BCUT2D eigenvalue weighted by atomic mass is 19.4. The highest BCUT2D eigenvalue weighted by Gasteiger charge is 2.32. The number of benzene rings is 1. The third-order valence-corrected chi connectivity index (χ3v) is 3.92. The molecule has 0 aromatic heterocycles. The second-order valence-electron chi connectivity index (χ2n) is 5.64. The molecule has 0 fully saturated rings. The van der Waals surface area contributed by atoms with Gasteiger partial charge in [-0.2, -0.15) is 13.2 Å². The molecule has 130 valence electrons. The molecule has 1 aromatic rings. The number of aliphatic hydroxyl groups is 1. The first-order valence-electron chi connectivity index (χ1n) is 7.47. The molecule has 1 amide bonds. The molecule has 0 saturated carbocycles. The first-order chi connectivity index (χ1) is 11.2. The number of nitrogens with zero attached hydrogens (tertiary/aromatic N) is 1. The average Bonchev–Trinajstić information content (AvgIpc) is 2.78. The molecule has 24 heavy (non-hydrogen) atoms. The number of carbonyl (C=O) groups excluding carboxylic acids is 1. The van der Waals surface area contributed by atoms with E-state index >= 15 is 0 Å². The van der Waals surface area contributed by atoms with E-state index in [1.54, 1.807) is 18.0 Å². The minimum absolute atomic E-state index is 0.141. The van der Waals surface area contributed by atoms with E-state index in [0.717, 1.165) is 6.07 Å². The van der Waals surface area contributed by atoms with Crippen LogP contribution in [0.3, 0.4) is 0 Å². The molecule has 2 N–H and O–H groups in total. The molecule has 1 heterocycles. The third-order valence-electron chi connectivity index (χ3n) is 3.92. The first-order valence-corrected chi connectivity index (χ1v) is 7.47. The number of nitrogens with one attached hydrogen (secondary N) is 1. The zero-order chi connectivity index (χ0) is 17.9. The zero-order valence-electron chi connectivity index (χ0n) is 13.3. The first kappa shape index (κ1) is 17.9. The number of rotatable bonds is 5. The van der Waals surface area contributed by atoms with Crippen molar-refractivity contribution >= 4 is 5.91 Å². The van der Waals surface area contributed by atoms with Crippen molar-refractivity contribution < 1.29 is 23.1 Å². The Kier molecular flexibility index (Phi) is 5.21. The van der Waals surface area contributed by atoms with E-state index in [-0.39, 0.29) is 36.4 Å². The smallest absolute Gasteiger partial charge is 0.416 e. The largest absolute Gasteiger partial charge is 0.505 e. The van der Waals surface area contributed by atoms with E-state index < -0.39 is 17.6 Å². The maximum Gasteiger partial charge on any atom is 0.416 e. The van der Waals surface area contributed by atoms with Gasteiger partial charge in [0.2, 0.25) is 0 Å². The quantitative estimate of drug-likeness (QED) is 0.810. The highest BCUT2D eigenvalue weighted by Crippen LogP contribution is 2.32. The molecule has 0 aliphatic carbocycles. The van der Waals surface area contributed by atoms with Crippen LogP contribution in [0, 0.1) is 0 Å². The molecule has 0 atom stereocenters. The highest BCUT2D eigenvalue weighted by molar-refractivity contribution is 5.95. The maximum absolute atomic E-state index is 12.9.